The lowest BCUT2D eigenvalue weighted by Gasteiger charge is -1.92. The van der Waals surface area contributed by atoms with Gasteiger partial charge in [0.05, 0.1) is 4.47 Å². The quantitative estimate of drug-likeness (QED) is 0.766. The lowest BCUT2D eigenvalue weighted by atomic mass is 10.2. The molecule has 0 radical (unpaired) electrons. The number of nitrogens with zero attached hydrogens (tertiary/aromatic N) is 3. The highest BCUT2D eigenvalue weighted by molar-refractivity contribution is 9.10. The Labute approximate surface area is 84.9 Å². The van der Waals surface area contributed by atoms with Crippen LogP contribution in [0, 0.1) is 0 Å². The van der Waals surface area contributed by atoms with Crippen LogP contribution < -0.4 is 0 Å². The van der Waals surface area contributed by atoms with Crippen LogP contribution in [0.4, 0.5) is 0 Å². The van der Waals surface area contributed by atoms with Crippen molar-refractivity contribution < 1.29 is 0 Å². The Morgan fingerprint density at radius 2 is 2.23 bits per heavy atom. The largest absolute Gasteiger partial charge is 0.220 e. The van der Waals surface area contributed by atoms with Gasteiger partial charge in [-0.25, -0.2) is 9.50 Å². The molecule has 3 nitrogen and oxygen atoms in total. The van der Waals surface area contributed by atoms with Gasteiger partial charge in [0.25, 0.3) is 0 Å². The molecule has 0 aromatic carbocycles. The number of fused-ring (bicyclic) bond motifs is 1. The Bertz CT molecular complexity index is 433. The van der Waals surface area contributed by atoms with Crippen LogP contribution in [-0.4, -0.2) is 14.6 Å². The van der Waals surface area contributed by atoms with E-state index in [0.717, 1.165) is 15.9 Å². The van der Waals surface area contributed by atoms with Crippen LogP contribution in [0.3, 0.4) is 0 Å². The third-order valence-electron chi connectivity index (χ3n) is 1.85. The fraction of sp³-hybridized carbons (Fsp3) is 0.333. The molecular formula is C9H10BrN3. The summed E-state index contributed by atoms with van der Waals surface area (Å²) in [5.74, 6) is 1.25. The number of rotatable bonds is 1. The molecule has 0 spiro atoms. The first-order chi connectivity index (χ1) is 6.18. The Balaban J connectivity index is 2.68. The van der Waals surface area contributed by atoms with Gasteiger partial charge in [-0.1, -0.05) is 13.8 Å². The summed E-state index contributed by atoms with van der Waals surface area (Å²) in [6.45, 7) is 4.17. The first kappa shape index (κ1) is 8.69. The van der Waals surface area contributed by atoms with E-state index in [0.29, 0.717) is 5.92 Å². The minimum absolute atomic E-state index is 0.367. The molecule has 13 heavy (non-hydrogen) atoms. The molecule has 0 aliphatic rings. The average molecular weight is 240 g/mol. The van der Waals surface area contributed by atoms with Crippen molar-refractivity contribution in [2.24, 2.45) is 0 Å². The first-order valence-electron chi connectivity index (χ1n) is 4.19. The molecule has 2 aromatic rings. The first-order valence-corrected chi connectivity index (χ1v) is 4.98. The van der Waals surface area contributed by atoms with Crippen molar-refractivity contribution in [2.45, 2.75) is 19.8 Å². The maximum atomic E-state index is 4.42. The van der Waals surface area contributed by atoms with Gasteiger partial charge in [0.1, 0.15) is 0 Å². The van der Waals surface area contributed by atoms with Crippen molar-refractivity contribution in [1.82, 2.24) is 14.6 Å². The molecule has 0 atom stereocenters. The summed E-state index contributed by atoms with van der Waals surface area (Å²) < 4.78 is 2.77. The van der Waals surface area contributed by atoms with Gasteiger partial charge in [-0.3, -0.25) is 0 Å². The molecule has 0 unspecified atom stereocenters. The summed E-state index contributed by atoms with van der Waals surface area (Å²) in [6.07, 6.45) is 1.90. The second-order valence-corrected chi connectivity index (χ2v) is 4.10. The van der Waals surface area contributed by atoms with Crippen LogP contribution in [-0.2, 0) is 0 Å². The zero-order chi connectivity index (χ0) is 9.42. The zero-order valence-electron chi connectivity index (χ0n) is 7.53. The van der Waals surface area contributed by atoms with Crippen molar-refractivity contribution in [1.29, 1.82) is 0 Å². The third kappa shape index (κ3) is 1.46. The lowest BCUT2D eigenvalue weighted by molar-refractivity contribution is 0.765. The Morgan fingerprint density at radius 1 is 1.46 bits per heavy atom. The van der Waals surface area contributed by atoms with Gasteiger partial charge in [-0.2, -0.15) is 5.10 Å². The summed E-state index contributed by atoms with van der Waals surface area (Å²) in [7, 11) is 0. The van der Waals surface area contributed by atoms with E-state index in [1.165, 1.54) is 0 Å². The third-order valence-corrected chi connectivity index (χ3v) is 2.47. The van der Waals surface area contributed by atoms with Crippen LogP contribution in [0.1, 0.15) is 25.6 Å². The van der Waals surface area contributed by atoms with Gasteiger partial charge in [0.15, 0.2) is 11.5 Å². The zero-order valence-corrected chi connectivity index (χ0v) is 9.12. The molecule has 0 N–H and O–H groups in total. The monoisotopic (exact) mass is 239 g/mol. The van der Waals surface area contributed by atoms with Crippen molar-refractivity contribution in [3.63, 3.8) is 0 Å². The molecule has 2 aromatic heterocycles. The van der Waals surface area contributed by atoms with E-state index in [1.807, 2.05) is 18.3 Å². The van der Waals surface area contributed by atoms with Crippen molar-refractivity contribution >= 4 is 21.6 Å². The fourth-order valence-electron chi connectivity index (χ4n) is 1.13. The second kappa shape index (κ2) is 3.10. The highest BCUT2D eigenvalue weighted by Crippen LogP contribution is 2.17. The standard InChI is InChI=1S/C9H10BrN3/c1-6(2)8-11-9-7(10)4-3-5-13(9)12-8/h3-6H,1-2H3. The normalized spacial score (nSPS) is 11.4. The molecule has 4 heteroatoms. The number of pyridine rings is 1. The molecule has 0 aliphatic carbocycles. The van der Waals surface area contributed by atoms with Crippen LogP contribution in [0.2, 0.25) is 0 Å². The van der Waals surface area contributed by atoms with Crippen LogP contribution in [0.5, 0.6) is 0 Å². The summed E-state index contributed by atoms with van der Waals surface area (Å²) in [6, 6.07) is 3.91. The smallest absolute Gasteiger partial charge is 0.169 e. The Hall–Kier alpha value is -0.900. The van der Waals surface area contributed by atoms with Gasteiger partial charge in [0, 0.05) is 12.1 Å². The van der Waals surface area contributed by atoms with Gasteiger partial charge in [-0.15, -0.1) is 0 Å². The lowest BCUT2D eigenvalue weighted by Crippen LogP contribution is -1.90. The maximum absolute atomic E-state index is 4.42. The molecule has 0 amide bonds. The Morgan fingerprint density at radius 3 is 2.85 bits per heavy atom. The van der Waals surface area contributed by atoms with Gasteiger partial charge in [0.2, 0.25) is 0 Å². The van der Waals surface area contributed by atoms with Crippen LogP contribution >= 0.6 is 15.9 Å². The van der Waals surface area contributed by atoms with E-state index in [2.05, 4.69) is 39.9 Å². The highest BCUT2D eigenvalue weighted by atomic mass is 79.9. The Kier molecular flexibility index (Phi) is 2.07. The summed E-state index contributed by atoms with van der Waals surface area (Å²) in [5, 5.41) is 4.35. The molecule has 2 heterocycles. The summed E-state index contributed by atoms with van der Waals surface area (Å²) in [4.78, 5) is 4.42. The number of hydrogen-bond donors (Lipinski definition) is 0. The number of hydrogen-bond acceptors (Lipinski definition) is 2. The molecule has 0 bridgehead atoms. The number of halogens is 1. The predicted octanol–water partition coefficient (Wildman–Crippen LogP) is 2.62. The van der Waals surface area contributed by atoms with E-state index in [-0.39, 0.29) is 0 Å². The van der Waals surface area contributed by atoms with Crippen molar-refractivity contribution in [3.8, 4) is 0 Å². The molecule has 0 aliphatic heterocycles. The average Bonchev–Trinajstić information content (AvgIpc) is 2.49. The van der Waals surface area contributed by atoms with Crippen molar-refractivity contribution in [2.75, 3.05) is 0 Å². The van der Waals surface area contributed by atoms with E-state index in [4.69, 9.17) is 0 Å². The fourth-order valence-corrected chi connectivity index (χ4v) is 1.56. The van der Waals surface area contributed by atoms with E-state index in [1.54, 1.807) is 4.52 Å². The second-order valence-electron chi connectivity index (χ2n) is 3.25. The minimum Gasteiger partial charge on any atom is -0.220 e. The molecule has 68 valence electrons. The molecule has 0 fully saturated rings. The van der Waals surface area contributed by atoms with Gasteiger partial charge in [-0.05, 0) is 28.1 Å². The SMILES string of the molecule is CC(C)c1nc2c(Br)cccn2n1. The molecule has 0 saturated heterocycles. The van der Waals surface area contributed by atoms with Crippen molar-refractivity contribution in [3.05, 3.63) is 28.6 Å². The maximum Gasteiger partial charge on any atom is 0.169 e. The number of aromatic nitrogens is 3. The van der Waals surface area contributed by atoms with Gasteiger partial charge >= 0.3 is 0 Å². The van der Waals surface area contributed by atoms with Crippen LogP contribution in [0.15, 0.2) is 22.8 Å². The molecular weight excluding hydrogens is 230 g/mol. The minimum atomic E-state index is 0.367. The van der Waals surface area contributed by atoms with E-state index >= 15 is 0 Å². The predicted molar refractivity (Wildman–Crippen MR) is 54.8 cm³/mol. The van der Waals surface area contributed by atoms with Crippen LogP contribution in [0.25, 0.3) is 5.65 Å². The molecule has 0 saturated carbocycles. The highest BCUT2D eigenvalue weighted by Gasteiger charge is 2.08. The summed E-state index contributed by atoms with van der Waals surface area (Å²) in [5.41, 5.74) is 0.881. The molecule has 2 rings (SSSR count). The topological polar surface area (TPSA) is 30.2 Å². The van der Waals surface area contributed by atoms with E-state index in [9.17, 15) is 0 Å². The van der Waals surface area contributed by atoms with E-state index < -0.39 is 0 Å². The van der Waals surface area contributed by atoms with Gasteiger partial charge < -0.3 is 0 Å². The summed E-state index contributed by atoms with van der Waals surface area (Å²) >= 11 is 3.44.